The summed E-state index contributed by atoms with van der Waals surface area (Å²) in [6, 6.07) is 11.0. The van der Waals surface area contributed by atoms with Crippen molar-refractivity contribution in [3.63, 3.8) is 0 Å². The normalized spacial score (nSPS) is 13.0. The highest BCUT2D eigenvalue weighted by Crippen LogP contribution is 2.36. The van der Waals surface area contributed by atoms with Crippen molar-refractivity contribution in [3.05, 3.63) is 62.5 Å². The van der Waals surface area contributed by atoms with E-state index in [9.17, 15) is 13.2 Å². The molecule has 112 valence electrons. The minimum absolute atomic E-state index is 0.275. The quantitative estimate of drug-likeness (QED) is 0.495. The van der Waals surface area contributed by atoms with Crippen LogP contribution in [0.4, 0.5) is 13.2 Å². The van der Waals surface area contributed by atoms with E-state index in [2.05, 4.69) is 36.6 Å². The van der Waals surface area contributed by atoms with Gasteiger partial charge in [0.25, 0.3) is 0 Å². The Bertz CT molecular complexity index is 629. The third-order valence-corrected chi connectivity index (χ3v) is 4.34. The van der Waals surface area contributed by atoms with Crippen molar-refractivity contribution >= 4 is 43.5 Å². The van der Waals surface area contributed by atoms with Gasteiger partial charge in [0, 0.05) is 8.95 Å². The van der Waals surface area contributed by atoms with E-state index >= 15 is 0 Å². The lowest BCUT2D eigenvalue weighted by Crippen LogP contribution is -2.17. The number of halogens is 6. The number of rotatable bonds is 3. The third kappa shape index (κ3) is 4.63. The Balaban J connectivity index is 2.24. The second-order valence-electron chi connectivity index (χ2n) is 4.15. The van der Waals surface area contributed by atoms with Crippen LogP contribution in [0.3, 0.4) is 0 Å². The van der Waals surface area contributed by atoms with Gasteiger partial charge in [-0.2, -0.15) is 0 Å². The Morgan fingerprint density at radius 3 is 2.19 bits per heavy atom. The van der Waals surface area contributed by atoms with Gasteiger partial charge in [0.05, 0.1) is 5.38 Å². The lowest BCUT2D eigenvalue weighted by atomic mass is 10.0. The molecule has 2 aromatic carbocycles. The first-order chi connectivity index (χ1) is 9.76. The van der Waals surface area contributed by atoms with Gasteiger partial charge in [0.1, 0.15) is 5.75 Å². The zero-order chi connectivity index (χ0) is 15.6. The van der Waals surface area contributed by atoms with Gasteiger partial charge in [-0.15, -0.1) is 24.8 Å². The standard InChI is InChI=1S/C14H8Br2ClF3O/c15-9-3-6-12(16)11(7-9)13(17)8-1-4-10(5-2-8)21-14(18,19)20/h1-7,13H. The predicted molar refractivity (Wildman–Crippen MR) is 82.7 cm³/mol. The first-order valence-electron chi connectivity index (χ1n) is 5.71. The molecule has 0 heterocycles. The molecule has 0 radical (unpaired) electrons. The summed E-state index contributed by atoms with van der Waals surface area (Å²) in [6.45, 7) is 0. The predicted octanol–water partition coefficient (Wildman–Crippen LogP) is 6.44. The van der Waals surface area contributed by atoms with Gasteiger partial charge < -0.3 is 4.74 Å². The maximum absolute atomic E-state index is 12.1. The Morgan fingerprint density at radius 1 is 1.00 bits per heavy atom. The van der Waals surface area contributed by atoms with Crippen molar-refractivity contribution in [3.8, 4) is 5.75 Å². The summed E-state index contributed by atoms with van der Waals surface area (Å²) < 4.78 is 41.8. The largest absolute Gasteiger partial charge is 0.573 e. The van der Waals surface area contributed by atoms with Gasteiger partial charge in [-0.25, -0.2) is 0 Å². The van der Waals surface area contributed by atoms with E-state index in [0.717, 1.165) is 14.5 Å². The first kappa shape index (κ1) is 16.6. The molecule has 0 aliphatic carbocycles. The van der Waals surface area contributed by atoms with E-state index in [1.807, 2.05) is 18.2 Å². The molecule has 0 amide bonds. The second kappa shape index (κ2) is 6.58. The number of ether oxygens (including phenoxy) is 1. The Hall–Kier alpha value is -0.720. The van der Waals surface area contributed by atoms with Crippen molar-refractivity contribution in [1.29, 1.82) is 0 Å². The summed E-state index contributed by atoms with van der Waals surface area (Å²) in [5.41, 5.74) is 1.49. The number of hydrogen-bond acceptors (Lipinski definition) is 1. The molecule has 2 aromatic rings. The lowest BCUT2D eigenvalue weighted by molar-refractivity contribution is -0.274. The van der Waals surface area contributed by atoms with Gasteiger partial charge in [-0.1, -0.05) is 44.0 Å². The topological polar surface area (TPSA) is 9.23 Å². The molecule has 0 fully saturated rings. The second-order valence-corrected chi connectivity index (χ2v) is 6.35. The van der Waals surface area contributed by atoms with Gasteiger partial charge in [-0.05, 0) is 41.5 Å². The van der Waals surface area contributed by atoms with Crippen molar-refractivity contribution in [2.24, 2.45) is 0 Å². The highest BCUT2D eigenvalue weighted by molar-refractivity contribution is 9.11. The molecule has 7 heteroatoms. The molecule has 2 rings (SSSR count). The molecule has 1 nitrogen and oxygen atoms in total. The molecular formula is C14H8Br2ClF3O. The van der Waals surface area contributed by atoms with Gasteiger partial charge in [0.2, 0.25) is 0 Å². The van der Waals surface area contributed by atoms with Crippen LogP contribution in [-0.2, 0) is 0 Å². The fraction of sp³-hybridized carbons (Fsp3) is 0.143. The average molecular weight is 444 g/mol. The highest BCUT2D eigenvalue weighted by atomic mass is 79.9. The fourth-order valence-electron chi connectivity index (χ4n) is 1.73. The van der Waals surface area contributed by atoms with Crippen LogP contribution in [0.25, 0.3) is 0 Å². The van der Waals surface area contributed by atoms with E-state index in [0.29, 0.717) is 5.56 Å². The maximum Gasteiger partial charge on any atom is 0.573 e. The van der Waals surface area contributed by atoms with E-state index in [-0.39, 0.29) is 5.75 Å². The van der Waals surface area contributed by atoms with Crippen molar-refractivity contribution in [2.45, 2.75) is 11.7 Å². The van der Waals surface area contributed by atoms with Crippen LogP contribution >= 0.6 is 43.5 Å². The molecule has 0 N–H and O–H groups in total. The number of benzene rings is 2. The van der Waals surface area contributed by atoms with Crippen molar-refractivity contribution in [1.82, 2.24) is 0 Å². The van der Waals surface area contributed by atoms with E-state index in [1.165, 1.54) is 24.3 Å². The van der Waals surface area contributed by atoms with Crippen LogP contribution in [0, 0.1) is 0 Å². The molecule has 0 bridgehead atoms. The van der Waals surface area contributed by atoms with Crippen LogP contribution < -0.4 is 4.74 Å². The molecule has 21 heavy (non-hydrogen) atoms. The van der Waals surface area contributed by atoms with Crippen LogP contribution in [0.1, 0.15) is 16.5 Å². The third-order valence-electron chi connectivity index (χ3n) is 2.64. The smallest absolute Gasteiger partial charge is 0.406 e. The summed E-state index contributed by atoms with van der Waals surface area (Å²) in [5, 5.41) is -0.489. The lowest BCUT2D eigenvalue weighted by Gasteiger charge is -2.14. The average Bonchev–Trinajstić information content (AvgIpc) is 2.40. The van der Waals surface area contributed by atoms with Crippen LogP contribution in [0.15, 0.2) is 51.4 Å². The molecule has 0 spiro atoms. The fourth-order valence-corrected chi connectivity index (χ4v) is 3.04. The zero-order valence-corrected chi connectivity index (χ0v) is 14.2. The molecule has 1 atom stereocenters. The van der Waals surface area contributed by atoms with Gasteiger partial charge in [0.15, 0.2) is 0 Å². The SMILES string of the molecule is FC(F)(F)Oc1ccc(C(Cl)c2cc(Br)ccc2Br)cc1. The molecule has 0 saturated heterocycles. The molecule has 0 aliphatic heterocycles. The van der Waals surface area contributed by atoms with Gasteiger partial charge >= 0.3 is 6.36 Å². The van der Waals surface area contributed by atoms with E-state index in [4.69, 9.17) is 11.6 Å². The molecule has 1 unspecified atom stereocenters. The Labute approximate surface area is 141 Å². The van der Waals surface area contributed by atoms with Crippen molar-refractivity contribution < 1.29 is 17.9 Å². The van der Waals surface area contributed by atoms with E-state index < -0.39 is 11.7 Å². The maximum atomic E-state index is 12.1. The monoisotopic (exact) mass is 442 g/mol. The number of hydrogen-bond donors (Lipinski definition) is 0. The zero-order valence-electron chi connectivity index (χ0n) is 10.3. The summed E-state index contributed by atoms with van der Waals surface area (Å²) in [6.07, 6.45) is -4.70. The van der Waals surface area contributed by atoms with E-state index in [1.54, 1.807) is 0 Å². The molecular weight excluding hydrogens is 436 g/mol. The molecule has 0 aliphatic rings. The summed E-state index contributed by atoms with van der Waals surface area (Å²) >= 11 is 13.1. The first-order valence-corrected chi connectivity index (χ1v) is 7.73. The van der Waals surface area contributed by atoms with Crippen molar-refractivity contribution in [2.75, 3.05) is 0 Å². The summed E-state index contributed by atoms with van der Waals surface area (Å²) in [5.74, 6) is -0.275. The molecule has 0 saturated carbocycles. The number of alkyl halides is 4. The Kier molecular flexibility index (Phi) is 5.22. The van der Waals surface area contributed by atoms with Gasteiger partial charge in [-0.3, -0.25) is 0 Å². The minimum atomic E-state index is -4.70. The summed E-state index contributed by atoms with van der Waals surface area (Å²) in [7, 11) is 0. The highest BCUT2D eigenvalue weighted by Gasteiger charge is 2.31. The summed E-state index contributed by atoms with van der Waals surface area (Å²) in [4.78, 5) is 0. The van der Waals surface area contributed by atoms with Crippen LogP contribution in [0.5, 0.6) is 5.75 Å². The minimum Gasteiger partial charge on any atom is -0.406 e. The molecule has 0 aromatic heterocycles. The van der Waals surface area contributed by atoms with Crippen LogP contribution in [0.2, 0.25) is 0 Å². The Morgan fingerprint density at radius 2 is 1.62 bits per heavy atom. The van der Waals surface area contributed by atoms with Crippen LogP contribution in [-0.4, -0.2) is 6.36 Å².